The van der Waals surface area contributed by atoms with Crippen molar-refractivity contribution in [2.24, 2.45) is 0 Å². The Morgan fingerprint density at radius 2 is 2.36 bits per heavy atom. The monoisotopic (exact) mass is 349 g/mol. The number of imidazole rings is 1. The van der Waals surface area contributed by atoms with Crippen LogP contribution in [0.3, 0.4) is 0 Å². The van der Waals surface area contributed by atoms with Gasteiger partial charge in [-0.3, -0.25) is 9.09 Å². The Morgan fingerprint density at radius 1 is 1.59 bits per heavy atom. The fraction of sp³-hybridized carbons (Fsp3) is 0.500. The molecule has 0 saturated carbocycles. The van der Waals surface area contributed by atoms with E-state index in [-0.39, 0.29) is 28.9 Å². The van der Waals surface area contributed by atoms with Gasteiger partial charge in [0.2, 0.25) is 5.28 Å². The van der Waals surface area contributed by atoms with Crippen LogP contribution >= 0.6 is 20.3 Å². The first-order valence-electron chi connectivity index (χ1n) is 6.10. The second kappa shape index (κ2) is 5.98. The predicted molar refractivity (Wildman–Crippen MR) is 73.1 cm³/mol. The van der Waals surface area contributed by atoms with Crippen LogP contribution in [0.5, 0.6) is 0 Å². The molecule has 0 radical (unpaired) electrons. The third-order valence-electron chi connectivity index (χ3n) is 3.28. The van der Waals surface area contributed by atoms with Gasteiger partial charge in [0.1, 0.15) is 17.7 Å². The van der Waals surface area contributed by atoms with Crippen LogP contribution in [0.25, 0.3) is 11.2 Å². The number of nitrogens with zero attached hydrogens (tertiary/aromatic N) is 4. The lowest BCUT2D eigenvalue weighted by molar-refractivity contribution is -0.0395. The molecule has 3 rings (SSSR count). The maximum Gasteiger partial charge on any atom is 0.327 e. The number of ether oxygens (including phenoxy) is 1. The Kier molecular flexibility index (Phi) is 4.20. The van der Waals surface area contributed by atoms with Gasteiger partial charge in [-0.25, -0.2) is 13.9 Å². The summed E-state index contributed by atoms with van der Waals surface area (Å²) in [5.41, 5.74) is 6.10. The van der Waals surface area contributed by atoms with E-state index in [0.29, 0.717) is 0 Å². The molecule has 2 aromatic heterocycles. The minimum absolute atomic E-state index is 0.0488. The van der Waals surface area contributed by atoms with Gasteiger partial charge in [0.05, 0.1) is 12.9 Å². The van der Waals surface area contributed by atoms with Crippen LogP contribution < -0.4 is 5.73 Å². The summed E-state index contributed by atoms with van der Waals surface area (Å²) in [7, 11) is -0.583. The van der Waals surface area contributed by atoms with E-state index in [1.54, 1.807) is 0 Å². The highest BCUT2D eigenvalue weighted by Gasteiger charge is 2.46. The minimum atomic E-state index is -1.76. The maximum absolute atomic E-state index is 14.3. The highest BCUT2D eigenvalue weighted by molar-refractivity contribution is 7.17. The van der Waals surface area contributed by atoms with Crippen molar-refractivity contribution in [3.63, 3.8) is 0 Å². The van der Waals surface area contributed by atoms with Crippen molar-refractivity contribution in [1.29, 1.82) is 0 Å². The Labute approximate surface area is 129 Å². The number of nitrogen functional groups attached to an aromatic ring is 1. The van der Waals surface area contributed by atoms with Gasteiger partial charge in [-0.15, -0.1) is 0 Å². The lowest BCUT2D eigenvalue weighted by Crippen LogP contribution is -2.30. The van der Waals surface area contributed by atoms with E-state index in [4.69, 9.17) is 22.1 Å². The molecule has 22 heavy (non-hydrogen) atoms. The van der Waals surface area contributed by atoms with Crippen LogP contribution in [0.4, 0.5) is 10.2 Å². The molecule has 0 amide bonds. The van der Waals surface area contributed by atoms with E-state index in [1.165, 1.54) is 10.9 Å². The molecular formula is C10H10ClFN5O4P. The van der Waals surface area contributed by atoms with Gasteiger partial charge in [-0.05, 0) is 11.6 Å². The molecule has 118 valence electrons. The third kappa shape index (κ3) is 2.53. The lowest BCUT2D eigenvalue weighted by Gasteiger charge is -2.15. The minimum Gasteiger partial charge on any atom is -0.387 e. The highest BCUT2D eigenvalue weighted by Crippen LogP contribution is 2.34. The number of alkyl halides is 1. The standard InChI is InChI=1S/C10H10ClFN5O4P/c11-10-15-7(13)5-8(16-10)17(2-14-5)9-4(12)6(18)3(21-9)1-20-22-19/h2-4,6,9,18H,1H2,(H2,13,15,16)/t3-,4+,6-,9-/m1/s1. The quantitative estimate of drug-likeness (QED) is 0.615. The lowest BCUT2D eigenvalue weighted by atomic mass is 10.1. The summed E-state index contributed by atoms with van der Waals surface area (Å²) in [5, 5.41) is 9.71. The summed E-state index contributed by atoms with van der Waals surface area (Å²) in [5.74, 6) is 0.0488. The van der Waals surface area contributed by atoms with Crippen molar-refractivity contribution in [1.82, 2.24) is 19.5 Å². The molecule has 0 aliphatic carbocycles. The highest BCUT2D eigenvalue weighted by atomic mass is 35.5. The Hall–Kier alpha value is -1.45. The summed E-state index contributed by atoms with van der Waals surface area (Å²) >= 11 is 5.74. The molecule has 1 saturated heterocycles. The zero-order valence-electron chi connectivity index (χ0n) is 10.8. The number of aliphatic hydroxyl groups excluding tert-OH is 1. The number of nitrogens with two attached hydrogens (primary N) is 1. The fourth-order valence-corrected chi connectivity index (χ4v) is 2.64. The van der Waals surface area contributed by atoms with Crippen molar-refractivity contribution >= 4 is 37.3 Å². The van der Waals surface area contributed by atoms with Gasteiger partial charge in [-0.2, -0.15) is 9.97 Å². The zero-order valence-corrected chi connectivity index (χ0v) is 12.5. The van der Waals surface area contributed by atoms with Crippen LogP contribution in [0.2, 0.25) is 5.28 Å². The van der Waals surface area contributed by atoms with E-state index in [2.05, 4.69) is 19.5 Å². The van der Waals surface area contributed by atoms with Crippen molar-refractivity contribution < 1.29 is 23.3 Å². The van der Waals surface area contributed by atoms with Crippen LogP contribution in [-0.4, -0.2) is 49.6 Å². The number of hydrogen-bond donors (Lipinski definition) is 2. The van der Waals surface area contributed by atoms with Gasteiger partial charge in [0, 0.05) is 0 Å². The Bertz CT molecular complexity index is 718. The van der Waals surface area contributed by atoms with E-state index < -0.39 is 33.3 Å². The number of halogens is 2. The normalized spacial score (nSPS) is 28.7. The molecular weight excluding hydrogens is 340 g/mol. The summed E-state index contributed by atoms with van der Waals surface area (Å²) < 4.78 is 35.8. The first-order valence-corrected chi connectivity index (χ1v) is 7.21. The molecule has 0 aromatic carbocycles. The zero-order chi connectivity index (χ0) is 15.9. The Morgan fingerprint density at radius 3 is 3.09 bits per heavy atom. The molecule has 12 heteroatoms. The SMILES string of the molecule is Nc1nc(Cl)nc2c1ncn2[C@@H]1O[C@H](COP=O)[C@@H](O)[C@@H]1F. The van der Waals surface area contributed by atoms with Crippen LogP contribution in [-0.2, 0) is 13.8 Å². The van der Waals surface area contributed by atoms with Crippen molar-refractivity contribution in [2.75, 3.05) is 12.3 Å². The van der Waals surface area contributed by atoms with E-state index in [9.17, 15) is 14.1 Å². The van der Waals surface area contributed by atoms with Crippen molar-refractivity contribution in [3.8, 4) is 0 Å². The van der Waals surface area contributed by atoms with Crippen LogP contribution in [0.15, 0.2) is 6.33 Å². The average Bonchev–Trinajstić information content (AvgIpc) is 3.00. The number of aromatic nitrogens is 4. The molecule has 1 aliphatic heterocycles. The second-order valence-corrected chi connectivity index (χ2v) is 5.32. The van der Waals surface area contributed by atoms with Gasteiger partial charge < -0.3 is 15.6 Å². The van der Waals surface area contributed by atoms with Gasteiger partial charge >= 0.3 is 8.69 Å². The largest absolute Gasteiger partial charge is 0.387 e. The number of fused-ring (bicyclic) bond motifs is 1. The van der Waals surface area contributed by atoms with E-state index in [1.807, 2.05) is 0 Å². The average molecular weight is 350 g/mol. The summed E-state index contributed by atoms with van der Waals surface area (Å²) in [6, 6.07) is 0. The molecule has 1 aliphatic rings. The van der Waals surface area contributed by atoms with Crippen LogP contribution in [0.1, 0.15) is 6.23 Å². The summed E-state index contributed by atoms with van der Waals surface area (Å²) in [6.07, 6.45) is -4.11. The molecule has 4 atom stereocenters. The van der Waals surface area contributed by atoms with Gasteiger partial charge in [-0.1, -0.05) is 0 Å². The predicted octanol–water partition coefficient (Wildman–Crippen LogP) is 0.882. The molecule has 0 spiro atoms. The number of hydrogen-bond acceptors (Lipinski definition) is 8. The van der Waals surface area contributed by atoms with Gasteiger partial charge in [0.15, 0.2) is 23.9 Å². The fourth-order valence-electron chi connectivity index (χ4n) is 2.27. The topological polar surface area (TPSA) is 125 Å². The van der Waals surface area contributed by atoms with Crippen LogP contribution in [0, 0.1) is 0 Å². The Balaban J connectivity index is 1.96. The molecule has 2 aromatic rings. The van der Waals surface area contributed by atoms with Crippen molar-refractivity contribution in [2.45, 2.75) is 24.6 Å². The van der Waals surface area contributed by atoms with Crippen molar-refractivity contribution in [3.05, 3.63) is 11.6 Å². The molecule has 0 bridgehead atoms. The van der Waals surface area contributed by atoms with E-state index >= 15 is 0 Å². The smallest absolute Gasteiger partial charge is 0.327 e. The molecule has 9 nitrogen and oxygen atoms in total. The number of anilines is 1. The molecule has 1 fully saturated rings. The third-order valence-corrected chi connectivity index (χ3v) is 3.70. The molecule has 3 N–H and O–H groups in total. The summed E-state index contributed by atoms with van der Waals surface area (Å²) in [6.45, 7) is -0.229. The first kappa shape index (κ1) is 15.4. The number of rotatable bonds is 4. The molecule has 0 unspecified atom stereocenters. The maximum atomic E-state index is 14.3. The van der Waals surface area contributed by atoms with Gasteiger partial charge in [0.25, 0.3) is 0 Å². The summed E-state index contributed by atoms with van der Waals surface area (Å²) in [4.78, 5) is 11.7. The first-order chi connectivity index (χ1) is 10.5. The number of aliphatic hydroxyl groups is 1. The molecule has 3 heterocycles. The van der Waals surface area contributed by atoms with E-state index in [0.717, 1.165) is 0 Å². The second-order valence-electron chi connectivity index (χ2n) is 4.57.